The zero-order valence-electron chi connectivity index (χ0n) is 12.3. The Labute approximate surface area is 133 Å². The molecule has 110 valence electrons. The maximum absolute atomic E-state index is 11.0. The van der Waals surface area contributed by atoms with Gasteiger partial charge in [-0.2, -0.15) is 5.10 Å². The molecule has 23 heavy (non-hydrogen) atoms. The van der Waals surface area contributed by atoms with Crippen LogP contribution in [0.3, 0.4) is 0 Å². The third-order valence-corrected chi connectivity index (χ3v) is 3.74. The Morgan fingerprint density at radius 1 is 0.870 bits per heavy atom. The Morgan fingerprint density at radius 2 is 1.52 bits per heavy atom. The number of benzene rings is 2. The first-order valence-corrected chi connectivity index (χ1v) is 7.31. The second kappa shape index (κ2) is 5.50. The van der Waals surface area contributed by atoms with Gasteiger partial charge < -0.3 is 0 Å². The molecule has 0 N–H and O–H groups in total. The van der Waals surface area contributed by atoms with E-state index in [0.29, 0.717) is 5.56 Å². The van der Waals surface area contributed by atoms with Crippen LogP contribution in [0.15, 0.2) is 73.1 Å². The average molecular weight is 299 g/mol. The van der Waals surface area contributed by atoms with Crippen LogP contribution in [0.1, 0.15) is 10.4 Å². The monoisotopic (exact) mass is 299 g/mol. The van der Waals surface area contributed by atoms with E-state index in [-0.39, 0.29) is 0 Å². The summed E-state index contributed by atoms with van der Waals surface area (Å²) in [5, 5.41) is 4.66. The van der Waals surface area contributed by atoms with Crippen molar-refractivity contribution in [2.45, 2.75) is 0 Å². The minimum atomic E-state index is 0.499. The fourth-order valence-corrected chi connectivity index (χ4v) is 2.68. The Hall–Kier alpha value is -3.27. The van der Waals surface area contributed by atoms with Crippen LogP contribution >= 0.6 is 0 Å². The summed E-state index contributed by atoms with van der Waals surface area (Å²) in [6.45, 7) is 0. The first-order chi connectivity index (χ1) is 11.4. The summed E-state index contributed by atoms with van der Waals surface area (Å²) in [5.74, 6) is 0. The molecule has 0 spiro atoms. The molecule has 2 aromatic carbocycles. The van der Waals surface area contributed by atoms with Crippen LogP contribution in [0.25, 0.3) is 28.0 Å². The number of carbonyl (C=O) groups is 1. The number of rotatable bonds is 3. The minimum absolute atomic E-state index is 0.499. The van der Waals surface area contributed by atoms with Gasteiger partial charge in [0.1, 0.15) is 5.69 Å². The van der Waals surface area contributed by atoms with Gasteiger partial charge in [0, 0.05) is 18.0 Å². The van der Waals surface area contributed by atoms with Crippen LogP contribution < -0.4 is 0 Å². The minimum Gasteiger partial charge on any atom is -0.298 e. The SMILES string of the molecule is O=Cc1cnc2c(-c3ccccc3)c(-c3ccccc3)nn2c1. The van der Waals surface area contributed by atoms with Crippen LogP contribution in [-0.2, 0) is 0 Å². The largest absolute Gasteiger partial charge is 0.298 e. The predicted octanol–water partition coefficient (Wildman–Crippen LogP) is 3.88. The number of carbonyl (C=O) groups excluding carboxylic acids is 1. The number of hydrogen-bond acceptors (Lipinski definition) is 3. The van der Waals surface area contributed by atoms with Crippen molar-refractivity contribution in [3.05, 3.63) is 78.6 Å². The van der Waals surface area contributed by atoms with Crippen molar-refractivity contribution in [1.29, 1.82) is 0 Å². The Morgan fingerprint density at radius 3 is 2.17 bits per heavy atom. The lowest BCUT2D eigenvalue weighted by atomic mass is 10.0. The Kier molecular flexibility index (Phi) is 3.20. The molecule has 0 aliphatic rings. The second-order valence-corrected chi connectivity index (χ2v) is 5.23. The fraction of sp³-hybridized carbons (Fsp3) is 0. The average Bonchev–Trinajstić information content (AvgIpc) is 3.01. The summed E-state index contributed by atoms with van der Waals surface area (Å²) in [6.07, 6.45) is 4.05. The summed E-state index contributed by atoms with van der Waals surface area (Å²) < 4.78 is 1.67. The molecule has 2 aromatic heterocycles. The van der Waals surface area contributed by atoms with Crippen LogP contribution in [0.5, 0.6) is 0 Å². The van der Waals surface area contributed by atoms with Crippen molar-refractivity contribution in [2.24, 2.45) is 0 Å². The predicted molar refractivity (Wildman–Crippen MR) is 89.2 cm³/mol. The summed E-state index contributed by atoms with van der Waals surface area (Å²) in [6, 6.07) is 20.0. The van der Waals surface area contributed by atoms with E-state index < -0.39 is 0 Å². The maximum atomic E-state index is 11.0. The molecule has 4 nitrogen and oxygen atoms in total. The zero-order chi connectivity index (χ0) is 15.6. The van der Waals surface area contributed by atoms with E-state index in [1.165, 1.54) is 0 Å². The molecule has 0 radical (unpaired) electrons. The molecular weight excluding hydrogens is 286 g/mol. The van der Waals surface area contributed by atoms with Crippen LogP contribution in [0.4, 0.5) is 0 Å². The van der Waals surface area contributed by atoms with Gasteiger partial charge in [-0.25, -0.2) is 9.50 Å². The highest BCUT2D eigenvalue weighted by Crippen LogP contribution is 2.33. The van der Waals surface area contributed by atoms with E-state index in [4.69, 9.17) is 0 Å². The molecule has 0 aliphatic heterocycles. The Bertz CT molecular complexity index is 976. The number of fused-ring (bicyclic) bond motifs is 1. The normalized spacial score (nSPS) is 10.8. The molecule has 0 aliphatic carbocycles. The van der Waals surface area contributed by atoms with E-state index in [1.54, 1.807) is 16.9 Å². The standard InChI is InChI=1S/C19H13N3O/c23-13-14-11-20-19-17(15-7-3-1-4-8-15)18(21-22(19)12-14)16-9-5-2-6-10-16/h1-13H. The molecule has 4 heteroatoms. The highest BCUT2D eigenvalue weighted by molar-refractivity contribution is 5.90. The third-order valence-electron chi connectivity index (χ3n) is 3.74. The van der Waals surface area contributed by atoms with Gasteiger partial charge in [0.2, 0.25) is 0 Å². The number of aromatic nitrogens is 3. The van der Waals surface area contributed by atoms with Gasteiger partial charge in [0.25, 0.3) is 0 Å². The first kappa shape index (κ1) is 13.4. The van der Waals surface area contributed by atoms with Gasteiger partial charge in [-0.05, 0) is 5.56 Å². The number of hydrogen-bond donors (Lipinski definition) is 0. The van der Waals surface area contributed by atoms with Gasteiger partial charge in [0.15, 0.2) is 11.9 Å². The first-order valence-electron chi connectivity index (χ1n) is 7.31. The molecule has 0 atom stereocenters. The molecule has 2 heterocycles. The summed E-state index contributed by atoms with van der Waals surface area (Å²) in [5.41, 5.74) is 5.12. The molecule has 0 saturated carbocycles. The molecule has 4 aromatic rings. The maximum Gasteiger partial charge on any atom is 0.163 e. The number of nitrogens with zero attached hydrogens (tertiary/aromatic N) is 3. The lowest BCUT2D eigenvalue weighted by Crippen LogP contribution is -1.93. The van der Waals surface area contributed by atoms with E-state index in [1.807, 2.05) is 60.7 Å². The van der Waals surface area contributed by atoms with Gasteiger partial charge >= 0.3 is 0 Å². The summed E-state index contributed by atoms with van der Waals surface area (Å²) in [7, 11) is 0. The van der Waals surface area contributed by atoms with Crippen molar-refractivity contribution in [1.82, 2.24) is 14.6 Å². The highest BCUT2D eigenvalue weighted by atomic mass is 16.1. The van der Waals surface area contributed by atoms with Crippen LogP contribution in [0.2, 0.25) is 0 Å². The van der Waals surface area contributed by atoms with Crippen molar-refractivity contribution in [3.8, 4) is 22.4 Å². The van der Waals surface area contributed by atoms with E-state index in [2.05, 4.69) is 10.1 Å². The number of aldehydes is 1. The Balaban J connectivity index is 2.06. The van der Waals surface area contributed by atoms with E-state index >= 15 is 0 Å². The van der Waals surface area contributed by atoms with Crippen LogP contribution in [0, 0.1) is 0 Å². The molecule has 4 rings (SSSR count). The molecule has 0 fully saturated rings. The lowest BCUT2D eigenvalue weighted by molar-refractivity contribution is 0.112. The summed E-state index contributed by atoms with van der Waals surface area (Å²) >= 11 is 0. The molecule has 0 bridgehead atoms. The third kappa shape index (κ3) is 2.30. The molecular formula is C19H13N3O. The second-order valence-electron chi connectivity index (χ2n) is 5.23. The zero-order valence-corrected chi connectivity index (χ0v) is 12.3. The lowest BCUT2D eigenvalue weighted by Gasteiger charge is -2.03. The molecule has 0 amide bonds. The molecule has 0 unspecified atom stereocenters. The van der Waals surface area contributed by atoms with Gasteiger partial charge in [0.05, 0.1) is 11.1 Å². The fourth-order valence-electron chi connectivity index (χ4n) is 2.68. The van der Waals surface area contributed by atoms with Gasteiger partial charge in [-0.3, -0.25) is 4.79 Å². The van der Waals surface area contributed by atoms with Crippen LogP contribution in [-0.4, -0.2) is 20.9 Å². The summed E-state index contributed by atoms with van der Waals surface area (Å²) in [4.78, 5) is 15.4. The topological polar surface area (TPSA) is 47.3 Å². The van der Waals surface area contributed by atoms with Crippen molar-refractivity contribution >= 4 is 11.9 Å². The van der Waals surface area contributed by atoms with Gasteiger partial charge in [-0.15, -0.1) is 0 Å². The van der Waals surface area contributed by atoms with E-state index in [9.17, 15) is 4.79 Å². The van der Waals surface area contributed by atoms with E-state index in [0.717, 1.165) is 34.3 Å². The van der Waals surface area contributed by atoms with Crippen molar-refractivity contribution in [2.75, 3.05) is 0 Å². The van der Waals surface area contributed by atoms with Gasteiger partial charge in [-0.1, -0.05) is 60.7 Å². The smallest absolute Gasteiger partial charge is 0.163 e. The van der Waals surface area contributed by atoms with Crippen molar-refractivity contribution in [3.63, 3.8) is 0 Å². The quantitative estimate of drug-likeness (QED) is 0.539. The highest BCUT2D eigenvalue weighted by Gasteiger charge is 2.17. The molecule has 0 saturated heterocycles. The van der Waals surface area contributed by atoms with Crippen molar-refractivity contribution < 1.29 is 4.79 Å².